The minimum absolute atomic E-state index is 0.0324. The third-order valence-corrected chi connectivity index (χ3v) is 8.04. The van der Waals surface area contributed by atoms with Gasteiger partial charge in [0.2, 0.25) is 0 Å². The van der Waals surface area contributed by atoms with Crippen LogP contribution in [0.5, 0.6) is 0 Å². The molecule has 1 saturated heterocycles. The second kappa shape index (κ2) is 5.81. The van der Waals surface area contributed by atoms with E-state index in [1.54, 1.807) is 12.5 Å². The van der Waals surface area contributed by atoms with Crippen LogP contribution in [0.3, 0.4) is 0 Å². The Kier molecular flexibility index (Phi) is 4.07. The topological polar surface area (TPSA) is 83.1 Å². The van der Waals surface area contributed by atoms with Crippen molar-refractivity contribution in [2.75, 3.05) is 13.2 Å². The molecule has 25 heavy (non-hydrogen) atoms. The largest absolute Gasteiger partial charge is 0.472 e. The first-order valence-corrected chi connectivity index (χ1v) is 9.53. The predicted molar refractivity (Wildman–Crippen MR) is 91.7 cm³/mol. The molecule has 3 aliphatic rings. The Morgan fingerprint density at radius 1 is 1.40 bits per heavy atom. The lowest BCUT2D eigenvalue weighted by Crippen LogP contribution is -2.78. The number of rotatable bonds is 4. The molecule has 1 aliphatic heterocycles. The Hall–Kier alpha value is -0.880. The lowest BCUT2D eigenvalue weighted by atomic mass is 9.40. The average Bonchev–Trinajstić information content (AvgIpc) is 3.09. The molecule has 3 fully saturated rings. The normalized spacial score (nSPS) is 47.5. The van der Waals surface area contributed by atoms with Crippen molar-refractivity contribution < 1.29 is 24.5 Å². The molecule has 3 N–H and O–H groups in total. The van der Waals surface area contributed by atoms with Gasteiger partial charge < -0.3 is 24.5 Å². The second-order valence-electron chi connectivity index (χ2n) is 8.86. The van der Waals surface area contributed by atoms with Crippen molar-refractivity contribution in [1.29, 1.82) is 0 Å². The fourth-order valence-corrected chi connectivity index (χ4v) is 6.34. The maximum Gasteiger partial charge on any atom is 0.102 e. The molecule has 1 aromatic heterocycles. The van der Waals surface area contributed by atoms with Gasteiger partial charge in [-0.1, -0.05) is 20.3 Å². The first-order chi connectivity index (χ1) is 11.9. The van der Waals surface area contributed by atoms with Crippen molar-refractivity contribution in [2.24, 2.45) is 22.7 Å². The minimum atomic E-state index is -0.600. The SMILES string of the molecule is C[C@@H]1C[C@H](O)[C@@]23CO[C@]2(CO)CCC[C@@H]3[C@@]1(C)C[C@H](O)c1ccoc1. The highest BCUT2D eigenvalue weighted by molar-refractivity contribution is 5.22. The van der Waals surface area contributed by atoms with Crippen LogP contribution in [0.25, 0.3) is 0 Å². The van der Waals surface area contributed by atoms with Gasteiger partial charge >= 0.3 is 0 Å². The van der Waals surface area contributed by atoms with Crippen LogP contribution in [0, 0.1) is 22.7 Å². The first-order valence-electron chi connectivity index (χ1n) is 9.53. The zero-order chi connectivity index (χ0) is 17.9. The Morgan fingerprint density at radius 3 is 2.80 bits per heavy atom. The molecule has 0 radical (unpaired) electrons. The van der Waals surface area contributed by atoms with E-state index in [0.717, 1.165) is 24.8 Å². The average molecular weight is 350 g/mol. The fourth-order valence-electron chi connectivity index (χ4n) is 6.34. The predicted octanol–water partition coefficient (Wildman–Crippen LogP) is 2.66. The monoisotopic (exact) mass is 350 g/mol. The molecule has 2 saturated carbocycles. The van der Waals surface area contributed by atoms with Gasteiger partial charge in [0.15, 0.2) is 0 Å². The van der Waals surface area contributed by atoms with Crippen LogP contribution in [-0.2, 0) is 4.74 Å². The molecular formula is C20H30O5. The van der Waals surface area contributed by atoms with Gasteiger partial charge in [0.1, 0.15) is 5.60 Å². The summed E-state index contributed by atoms with van der Waals surface area (Å²) >= 11 is 0. The molecule has 5 nitrogen and oxygen atoms in total. The number of hydrogen-bond donors (Lipinski definition) is 3. The highest BCUT2D eigenvalue weighted by atomic mass is 16.5. The van der Waals surface area contributed by atoms with Gasteiger partial charge in [0.05, 0.1) is 43.4 Å². The summed E-state index contributed by atoms with van der Waals surface area (Å²) in [5.41, 5.74) is -0.294. The molecular weight excluding hydrogens is 320 g/mol. The van der Waals surface area contributed by atoms with Gasteiger partial charge in [-0.2, -0.15) is 0 Å². The standard InChI is InChI=1S/C20H30O5/c1-13-8-17(23)20-12-25-19(20,11-21)6-3-4-16(20)18(13,2)9-15(22)14-5-7-24-10-14/h5,7,10,13,15-17,21-23H,3-4,6,8-9,11-12H2,1-2H3/t13-,15+,16-,17+,18+,19+,20+/m1/s1. The highest BCUT2D eigenvalue weighted by Gasteiger charge is 2.73. The lowest BCUT2D eigenvalue weighted by Gasteiger charge is -2.72. The van der Waals surface area contributed by atoms with Crippen molar-refractivity contribution >= 4 is 0 Å². The van der Waals surface area contributed by atoms with Crippen LogP contribution >= 0.6 is 0 Å². The molecule has 2 heterocycles. The van der Waals surface area contributed by atoms with Gasteiger partial charge in [-0.15, -0.1) is 0 Å². The number of ether oxygens (including phenoxy) is 1. The number of hydrogen-bond acceptors (Lipinski definition) is 5. The van der Waals surface area contributed by atoms with E-state index in [1.165, 1.54) is 0 Å². The summed E-state index contributed by atoms with van der Waals surface area (Å²) in [5, 5.41) is 31.9. The summed E-state index contributed by atoms with van der Waals surface area (Å²) in [5.74, 6) is 0.518. The Labute approximate surface area is 149 Å². The van der Waals surface area contributed by atoms with Gasteiger partial charge in [0, 0.05) is 5.56 Å². The van der Waals surface area contributed by atoms with E-state index in [-0.39, 0.29) is 29.3 Å². The van der Waals surface area contributed by atoms with Crippen LogP contribution in [0.1, 0.15) is 57.6 Å². The summed E-state index contributed by atoms with van der Waals surface area (Å²) in [6.45, 7) is 4.93. The van der Waals surface area contributed by atoms with E-state index in [2.05, 4.69) is 13.8 Å². The summed E-state index contributed by atoms with van der Waals surface area (Å²) in [7, 11) is 0. The molecule has 2 aliphatic carbocycles. The maximum atomic E-state index is 11.0. The second-order valence-corrected chi connectivity index (χ2v) is 8.86. The Morgan fingerprint density at radius 2 is 2.20 bits per heavy atom. The summed E-state index contributed by atoms with van der Waals surface area (Å²) in [4.78, 5) is 0. The van der Waals surface area contributed by atoms with E-state index in [1.807, 2.05) is 6.07 Å². The molecule has 1 spiro atoms. The molecule has 0 bridgehead atoms. The lowest BCUT2D eigenvalue weighted by molar-refractivity contribution is -0.377. The molecule has 0 aromatic carbocycles. The molecule has 1 aromatic rings. The zero-order valence-electron chi connectivity index (χ0n) is 15.1. The van der Waals surface area contributed by atoms with Crippen LogP contribution in [0.15, 0.2) is 23.0 Å². The fraction of sp³-hybridized carbons (Fsp3) is 0.800. The van der Waals surface area contributed by atoms with Crippen molar-refractivity contribution in [3.8, 4) is 0 Å². The van der Waals surface area contributed by atoms with E-state index >= 15 is 0 Å². The number of aliphatic hydroxyl groups is 3. The Balaban J connectivity index is 1.70. The molecule has 4 rings (SSSR count). The van der Waals surface area contributed by atoms with Crippen molar-refractivity contribution in [3.05, 3.63) is 24.2 Å². The van der Waals surface area contributed by atoms with Crippen molar-refractivity contribution in [1.82, 2.24) is 0 Å². The zero-order valence-corrected chi connectivity index (χ0v) is 15.1. The van der Waals surface area contributed by atoms with E-state index < -0.39 is 17.8 Å². The van der Waals surface area contributed by atoms with Gasteiger partial charge in [-0.3, -0.25) is 0 Å². The molecule has 0 amide bonds. The molecule has 140 valence electrons. The summed E-state index contributed by atoms with van der Waals surface area (Å²) < 4.78 is 11.1. The number of furan rings is 1. The molecule has 0 unspecified atom stereocenters. The molecule has 7 atom stereocenters. The highest BCUT2D eigenvalue weighted by Crippen LogP contribution is 2.69. The van der Waals surface area contributed by atoms with E-state index in [0.29, 0.717) is 19.4 Å². The minimum Gasteiger partial charge on any atom is -0.472 e. The van der Waals surface area contributed by atoms with Gasteiger partial charge in [-0.25, -0.2) is 0 Å². The van der Waals surface area contributed by atoms with Crippen LogP contribution in [-0.4, -0.2) is 40.2 Å². The summed E-state index contributed by atoms with van der Waals surface area (Å²) in [6, 6.07) is 1.82. The van der Waals surface area contributed by atoms with Crippen molar-refractivity contribution in [2.45, 2.75) is 63.8 Å². The van der Waals surface area contributed by atoms with Gasteiger partial charge in [0.25, 0.3) is 0 Å². The Bertz CT molecular complexity index is 612. The molecule has 5 heteroatoms. The van der Waals surface area contributed by atoms with Crippen LogP contribution in [0.2, 0.25) is 0 Å². The van der Waals surface area contributed by atoms with E-state index in [4.69, 9.17) is 9.15 Å². The third-order valence-electron chi connectivity index (χ3n) is 8.04. The third kappa shape index (κ3) is 2.16. The number of aliphatic hydroxyl groups excluding tert-OH is 3. The maximum absolute atomic E-state index is 11.0. The summed E-state index contributed by atoms with van der Waals surface area (Å²) in [6.07, 6.45) is 6.31. The van der Waals surface area contributed by atoms with Gasteiger partial charge in [-0.05, 0) is 49.0 Å². The first kappa shape index (κ1) is 17.5. The van der Waals surface area contributed by atoms with E-state index in [9.17, 15) is 15.3 Å². The van der Waals surface area contributed by atoms with Crippen molar-refractivity contribution in [3.63, 3.8) is 0 Å². The van der Waals surface area contributed by atoms with Crippen LogP contribution in [0.4, 0.5) is 0 Å². The van der Waals surface area contributed by atoms with Crippen LogP contribution < -0.4 is 0 Å². The smallest absolute Gasteiger partial charge is 0.102 e. The quantitative estimate of drug-likeness (QED) is 0.778.